The van der Waals surface area contributed by atoms with Crippen LogP contribution in [0.3, 0.4) is 0 Å². The van der Waals surface area contributed by atoms with Crippen molar-refractivity contribution in [2.75, 3.05) is 38.3 Å². The maximum Gasteiger partial charge on any atom is 0.221 e. The molecule has 1 aromatic heterocycles. The Morgan fingerprint density at radius 3 is 3.06 bits per heavy atom. The molecule has 0 spiro atoms. The van der Waals surface area contributed by atoms with E-state index in [9.17, 15) is 0 Å². The molecule has 6 heteroatoms. The van der Waals surface area contributed by atoms with Crippen LogP contribution in [0.2, 0.25) is 0 Å². The van der Waals surface area contributed by atoms with Gasteiger partial charge in [0.1, 0.15) is 12.1 Å². The molecule has 1 aromatic rings. The molecule has 0 aromatic carbocycles. The highest BCUT2D eigenvalue weighted by Gasteiger charge is 2.15. The Labute approximate surface area is 107 Å². The van der Waals surface area contributed by atoms with Crippen molar-refractivity contribution < 1.29 is 14.2 Å². The SMILES string of the molecule is CCOc1ncnc(NCC2COCCO2)c1C. The Kier molecular flexibility index (Phi) is 4.72. The van der Waals surface area contributed by atoms with Crippen LogP contribution in [-0.2, 0) is 9.47 Å². The summed E-state index contributed by atoms with van der Waals surface area (Å²) in [6, 6.07) is 0. The van der Waals surface area contributed by atoms with Gasteiger partial charge in [-0.3, -0.25) is 0 Å². The number of hydrogen-bond acceptors (Lipinski definition) is 6. The van der Waals surface area contributed by atoms with Crippen LogP contribution in [0.1, 0.15) is 12.5 Å². The van der Waals surface area contributed by atoms with E-state index >= 15 is 0 Å². The van der Waals surface area contributed by atoms with Gasteiger partial charge in [0, 0.05) is 6.54 Å². The van der Waals surface area contributed by atoms with Crippen LogP contribution >= 0.6 is 0 Å². The van der Waals surface area contributed by atoms with Gasteiger partial charge in [-0.25, -0.2) is 9.97 Å². The molecule has 100 valence electrons. The van der Waals surface area contributed by atoms with E-state index in [0.29, 0.717) is 38.9 Å². The first-order valence-electron chi connectivity index (χ1n) is 6.19. The summed E-state index contributed by atoms with van der Waals surface area (Å²) in [6.45, 7) is 7.08. The van der Waals surface area contributed by atoms with Gasteiger partial charge in [-0.05, 0) is 13.8 Å². The van der Waals surface area contributed by atoms with E-state index in [-0.39, 0.29) is 6.10 Å². The molecular weight excluding hydrogens is 234 g/mol. The summed E-state index contributed by atoms with van der Waals surface area (Å²) in [7, 11) is 0. The molecule has 0 radical (unpaired) electrons. The molecule has 1 aliphatic rings. The van der Waals surface area contributed by atoms with Crippen molar-refractivity contribution in [1.82, 2.24) is 9.97 Å². The van der Waals surface area contributed by atoms with Gasteiger partial charge >= 0.3 is 0 Å². The summed E-state index contributed by atoms with van der Waals surface area (Å²) >= 11 is 0. The average Bonchev–Trinajstić information content (AvgIpc) is 2.41. The van der Waals surface area contributed by atoms with Gasteiger partial charge in [-0.1, -0.05) is 0 Å². The van der Waals surface area contributed by atoms with Gasteiger partial charge in [-0.2, -0.15) is 0 Å². The predicted octanol–water partition coefficient (Wildman–Crippen LogP) is 1.01. The third kappa shape index (κ3) is 3.30. The van der Waals surface area contributed by atoms with Crippen LogP contribution in [0.25, 0.3) is 0 Å². The first-order chi connectivity index (χ1) is 8.81. The second kappa shape index (κ2) is 6.51. The van der Waals surface area contributed by atoms with Crippen molar-refractivity contribution in [2.45, 2.75) is 20.0 Å². The Bertz CT molecular complexity index is 381. The fraction of sp³-hybridized carbons (Fsp3) is 0.667. The van der Waals surface area contributed by atoms with E-state index in [0.717, 1.165) is 11.4 Å². The number of nitrogens with zero attached hydrogens (tertiary/aromatic N) is 2. The molecule has 1 saturated heterocycles. The Morgan fingerprint density at radius 2 is 2.33 bits per heavy atom. The largest absolute Gasteiger partial charge is 0.478 e. The maximum absolute atomic E-state index is 5.56. The molecule has 1 unspecified atom stereocenters. The summed E-state index contributed by atoms with van der Waals surface area (Å²) in [5.41, 5.74) is 0.913. The lowest BCUT2D eigenvalue weighted by atomic mass is 10.3. The van der Waals surface area contributed by atoms with Crippen molar-refractivity contribution in [1.29, 1.82) is 0 Å². The molecule has 1 N–H and O–H groups in total. The zero-order valence-corrected chi connectivity index (χ0v) is 10.8. The molecule has 2 heterocycles. The highest BCUT2D eigenvalue weighted by Crippen LogP contribution is 2.20. The molecule has 0 bridgehead atoms. The number of ether oxygens (including phenoxy) is 3. The van der Waals surface area contributed by atoms with Crippen molar-refractivity contribution in [3.63, 3.8) is 0 Å². The molecule has 0 amide bonds. The van der Waals surface area contributed by atoms with E-state index in [1.807, 2.05) is 13.8 Å². The van der Waals surface area contributed by atoms with E-state index < -0.39 is 0 Å². The molecule has 18 heavy (non-hydrogen) atoms. The highest BCUT2D eigenvalue weighted by molar-refractivity contribution is 5.47. The Morgan fingerprint density at radius 1 is 1.44 bits per heavy atom. The zero-order chi connectivity index (χ0) is 12.8. The molecule has 0 aliphatic carbocycles. The van der Waals surface area contributed by atoms with E-state index in [1.165, 1.54) is 6.33 Å². The molecule has 1 fully saturated rings. The summed E-state index contributed by atoms with van der Waals surface area (Å²) < 4.78 is 16.3. The zero-order valence-electron chi connectivity index (χ0n) is 10.8. The van der Waals surface area contributed by atoms with Crippen molar-refractivity contribution in [2.24, 2.45) is 0 Å². The lowest BCUT2D eigenvalue weighted by Gasteiger charge is -2.23. The molecule has 1 atom stereocenters. The molecular formula is C12H19N3O3. The Hall–Kier alpha value is -1.40. The standard InChI is InChI=1S/C12H19N3O3/c1-3-17-12-9(2)11(14-8-15-12)13-6-10-7-16-4-5-18-10/h8,10H,3-7H2,1-2H3,(H,13,14,15). The maximum atomic E-state index is 5.56. The fourth-order valence-corrected chi connectivity index (χ4v) is 1.76. The molecule has 0 saturated carbocycles. The van der Waals surface area contributed by atoms with E-state index in [2.05, 4.69) is 15.3 Å². The van der Waals surface area contributed by atoms with E-state index in [1.54, 1.807) is 0 Å². The minimum Gasteiger partial charge on any atom is -0.478 e. The van der Waals surface area contributed by atoms with Crippen molar-refractivity contribution in [3.05, 3.63) is 11.9 Å². The summed E-state index contributed by atoms with van der Waals surface area (Å²) in [5, 5.41) is 3.25. The van der Waals surface area contributed by atoms with Gasteiger partial charge in [0.2, 0.25) is 5.88 Å². The van der Waals surface area contributed by atoms with Crippen LogP contribution in [0.15, 0.2) is 6.33 Å². The summed E-state index contributed by atoms with van der Waals surface area (Å²) in [4.78, 5) is 8.30. The number of aromatic nitrogens is 2. The van der Waals surface area contributed by atoms with Crippen LogP contribution in [0.5, 0.6) is 5.88 Å². The van der Waals surface area contributed by atoms with Crippen molar-refractivity contribution >= 4 is 5.82 Å². The van der Waals surface area contributed by atoms with Gasteiger partial charge in [-0.15, -0.1) is 0 Å². The fourth-order valence-electron chi connectivity index (χ4n) is 1.76. The van der Waals surface area contributed by atoms with Crippen LogP contribution in [0.4, 0.5) is 5.82 Å². The third-order valence-electron chi connectivity index (χ3n) is 2.70. The van der Waals surface area contributed by atoms with Gasteiger partial charge in [0.05, 0.1) is 38.1 Å². The van der Waals surface area contributed by atoms with Crippen LogP contribution in [-0.4, -0.2) is 49.0 Å². The van der Waals surface area contributed by atoms with Crippen LogP contribution in [0, 0.1) is 6.92 Å². The number of anilines is 1. The predicted molar refractivity (Wildman–Crippen MR) is 67.0 cm³/mol. The minimum absolute atomic E-state index is 0.0728. The first kappa shape index (κ1) is 13.0. The average molecular weight is 253 g/mol. The summed E-state index contributed by atoms with van der Waals surface area (Å²) in [6.07, 6.45) is 1.57. The smallest absolute Gasteiger partial charge is 0.221 e. The highest BCUT2D eigenvalue weighted by atomic mass is 16.6. The lowest BCUT2D eigenvalue weighted by molar-refractivity contribution is -0.0819. The van der Waals surface area contributed by atoms with Gasteiger partial charge in [0.25, 0.3) is 0 Å². The molecule has 1 aliphatic heterocycles. The molecule has 6 nitrogen and oxygen atoms in total. The number of rotatable bonds is 5. The van der Waals surface area contributed by atoms with Gasteiger partial charge in [0.15, 0.2) is 0 Å². The van der Waals surface area contributed by atoms with E-state index in [4.69, 9.17) is 14.2 Å². The number of hydrogen-bond donors (Lipinski definition) is 1. The normalized spacial score (nSPS) is 19.6. The summed E-state index contributed by atoms with van der Waals surface area (Å²) in [5.74, 6) is 1.40. The monoisotopic (exact) mass is 253 g/mol. The quantitative estimate of drug-likeness (QED) is 0.845. The Balaban J connectivity index is 1.93. The number of nitrogens with one attached hydrogen (secondary N) is 1. The third-order valence-corrected chi connectivity index (χ3v) is 2.70. The first-order valence-corrected chi connectivity index (χ1v) is 6.19. The van der Waals surface area contributed by atoms with Gasteiger partial charge < -0.3 is 19.5 Å². The molecule has 2 rings (SSSR count). The topological polar surface area (TPSA) is 65.5 Å². The van der Waals surface area contributed by atoms with Crippen LogP contribution < -0.4 is 10.1 Å². The second-order valence-electron chi connectivity index (χ2n) is 4.03. The lowest BCUT2D eigenvalue weighted by Crippen LogP contribution is -2.34. The minimum atomic E-state index is 0.0728. The second-order valence-corrected chi connectivity index (χ2v) is 4.03. The van der Waals surface area contributed by atoms with Crippen molar-refractivity contribution in [3.8, 4) is 5.88 Å².